The first-order valence-electron chi connectivity index (χ1n) is 9.28. The molecular formula is C19H23N5O2S. The van der Waals surface area contributed by atoms with Crippen LogP contribution in [0.3, 0.4) is 0 Å². The fourth-order valence-corrected chi connectivity index (χ4v) is 4.30. The molecule has 1 fully saturated rings. The minimum Gasteiger partial charge on any atom is -0.374 e. The lowest BCUT2D eigenvalue weighted by atomic mass is 10.2. The fraction of sp³-hybridized carbons (Fsp3) is 0.421. The van der Waals surface area contributed by atoms with E-state index in [1.54, 1.807) is 24.3 Å². The van der Waals surface area contributed by atoms with Gasteiger partial charge in [-0.1, -0.05) is 23.4 Å². The average molecular weight is 385 g/mol. The van der Waals surface area contributed by atoms with Crippen molar-refractivity contribution in [2.45, 2.75) is 39.2 Å². The monoisotopic (exact) mass is 385 g/mol. The Morgan fingerprint density at radius 1 is 1.33 bits per heavy atom. The van der Waals surface area contributed by atoms with Gasteiger partial charge in [0.15, 0.2) is 10.9 Å². The van der Waals surface area contributed by atoms with Crippen LogP contribution in [0.25, 0.3) is 10.2 Å². The molecule has 1 aliphatic rings. The number of nitrogens with zero attached hydrogens (tertiary/aromatic N) is 3. The highest BCUT2D eigenvalue weighted by Gasteiger charge is 2.19. The summed E-state index contributed by atoms with van der Waals surface area (Å²) in [7, 11) is 0. The lowest BCUT2D eigenvalue weighted by Crippen LogP contribution is -2.34. The Kier molecular flexibility index (Phi) is 4.98. The molecule has 1 aromatic carbocycles. The van der Waals surface area contributed by atoms with E-state index >= 15 is 0 Å². The maximum atomic E-state index is 12.5. The molecule has 3 heterocycles. The zero-order valence-corrected chi connectivity index (χ0v) is 16.3. The fourth-order valence-electron chi connectivity index (χ4n) is 3.24. The molecule has 3 aromatic rings. The van der Waals surface area contributed by atoms with Gasteiger partial charge in [-0.3, -0.25) is 4.79 Å². The van der Waals surface area contributed by atoms with Crippen LogP contribution in [0.5, 0.6) is 0 Å². The van der Waals surface area contributed by atoms with Crippen molar-refractivity contribution in [2.24, 2.45) is 0 Å². The maximum Gasteiger partial charge on any atom is 0.248 e. The summed E-state index contributed by atoms with van der Waals surface area (Å²) in [5.41, 5.74) is 1.92. The Morgan fingerprint density at radius 2 is 2.15 bits per heavy atom. The van der Waals surface area contributed by atoms with Gasteiger partial charge in [-0.15, -0.1) is 0 Å². The topological polar surface area (TPSA) is 83.3 Å². The van der Waals surface area contributed by atoms with E-state index in [9.17, 15) is 4.79 Å². The molecule has 0 spiro atoms. The van der Waals surface area contributed by atoms with E-state index in [0.717, 1.165) is 34.1 Å². The summed E-state index contributed by atoms with van der Waals surface area (Å²) in [5.74, 6) is 0.967. The summed E-state index contributed by atoms with van der Waals surface area (Å²) in [5, 5.41) is 11.0. The Hall–Kier alpha value is -2.61. The zero-order valence-electron chi connectivity index (χ0n) is 15.5. The van der Waals surface area contributed by atoms with Crippen molar-refractivity contribution in [3.8, 4) is 0 Å². The highest BCUT2D eigenvalue weighted by molar-refractivity contribution is 7.22. The minimum atomic E-state index is -0.356. The molecule has 2 N–H and O–H groups in total. The van der Waals surface area contributed by atoms with Crippen LogP contribution in [0.4, 0.5) is 16.6 Å². The number of hydrogen-bond donors (Lipinski definition) is 2. The second-order valence-electron chi connectivity index (χ2n) is 6.79. The number of anilines is 3. The summed E-state index contributed by atoms with van der Waals surface area (Å²) in [6, 6.07) is 7.41. The summed E-state index contributed by atoms with van der Waals surface area (Å²) in [4.78, 5) is 19.6. The number of carbonyl (C=O) groups is 1. The molecule has 1 atom stereocenters. The normalized spacial score (nSPS) is 15.3. The Balaban J connectivity index is 1.47. The third kappa shape index (κ3) is 3.90. The molecule has 2 aromatic heterocycles. The van der Waals surface area contributed by atoms with Crippen LogP contribution < -0.4 is 15.5 Å². The van der Waals surface area contributed by atoms with Gasteiger partial charge in [-0.2, -0.15) is 0 Å². The number of fused-ring (bicyclic) bond motifs is 1. The van der Waals surface area contributed by atoms with Crippen molar-refractivity contribution >= 4 is 44.1 Å². The molecular weight excluding hydrogens is 362 g/mol. The molecule has 1 amide bonds. The van der Waals surface area contributed by atoms with Crippen LogP contribution in [0.2, 0.25) is 0 Å². The predicted octanol–water partition coefficient (Wildman–Crippen LogP) is 4.02. The van der Waals surface area contributed by atoms with Crippen LogP contribution in [0, 0.1) is 6.92 Å². The molecule has 0 bridgehead atoms. The maximum absolute atomic E-state index is 12.5. The molecule has 0 aliphatic carbocycles. The van der Waals surface area contributed by atoms with E-state index < -0.39 is 0 Å². The molecule has 0 saturated carbocycles. The van der Waals surface area contributed by atoms with E-state index in [1.165, 1.54) is 12.8 Å². The van der Waals surface area contributed by atoms with Gasteiger partial charge in [-0.25, -0.2) is 4.98 Å². The van der Waals surface area contributed by atoms with Gasteiger partial charge in [0.1, 0.15) is 11.8 Å². The molecule has 4 rings (SSSR count). The van der Waals surface area contributed by atoms with Gasteiger partial charge < -0.3 is 20.1 Å². The first kappa shape index (κ1) is 17.8. The number of thiazole rings is 1. The van der Waals surface area contributed by atoms with Crippen molar-refractivity contribution in [2.75, 3.05) is 28.6 Å². The van der Waals surface area contributed by atoms with Gasteiger partial charge in [0.05, 0.1) is 10.2 Å². The second kappa shape index (κ2) is 7.56. The highest BCUT2D eigenvalue weighted by atomic mass is 32.1. The van der Waals surface area contributed by atoms with Gasteiger partial charge in [-0.05, 0) is 44.4 Å². The second-order valence-corrected chi connectivity index (χ2v) is 7.80. The van der Waals surface area contributed by atoms with Crippen molar-refractivity contribution in [1.29, 1.82) is 0 Å². The Labute approximate surface area is 161 Å². The zero-order chi connectivity index (χ0) is 18.8. The average Bonchev–Trinajstić information content (AvgIpc) is 3.39. The SMILES string of the molecule is CC[C@H](Nc1ccc2nc(N3CCCC3)sc2c1)C(=O)Nc1cc(C)on1. The summed E-state index contributed by atoms with van der Waals surface area (Å²) >= 11 is 1.71. The lowest BCUT2D eigenvalue weighted by Gasteiger charge is -2.17. The summed E-state index contributed by atoms with van der Waals surface area (Å²) in [6.45, 7) is 5.94. The molecule has 0 radical (unpaired) electrons. The highest BCUT2D eigenvalue weighted by Crippen LogP contribution is 2.32. The minimum absolute atomic E-state index is 0.132. The molecule has 1 saturated heterocycles. The van der Waals surface area contributed by atoms with Crippen molar-refractivity contribution in [3.05, 3.63) is 30.0 Å². The van der Waals surface area contributed by atoms with Gasteiger partial charge >= 0.3 is 0 Å². The lowest BCUT2D eigenvalue weighted by molar-refractivity contribution is -0.117. The van der Waals surface area contributed by atoms with Gasteiger partial charge in [0.2, 0.25) is 5.91 Å². The molecule has 142 valence electrons. The number of aromatic nitrogens is 2. The number of aryl methyl sites for hydroxylation is 1. The molecule has 27 heavy (non-hydrogen) atoms. The van der Waals surface area contributed by atoms with Crippen LogP contribution in [0.15, 0.2) is 28.8 Å². The van der Waals surface area contributed by atoms with Crippen LogP contribution in [-0.4, -0.2) is 35.2 Å². The number of rotatable bonds is 6. The predicted molar refractivity (Wildman–Crippen MR) is 109 cm³/mol. The molecule has 0 unspecified atom stereocenters. The standard InChI is InChI=1S/C19H23N5O2S/c1-3-14(18(25)22-17-10-12(2)26-23-17)20-13-6-7-15-16(11-13)27-19(21-15)24-8-4-5-9-24/h6-7,10-11,14,20H,3-5,8-9H2,1-2H3,(H,22,23,25)/t14-/m0/s1. The van der Waals surface area contributed by atoms with Crippen LogP contribution in [0.1, 0.15) is 31.9 Å². The Bertz CT molecular complexity index is 945. The van der Waals surface area contributed by atoms with Crippen molar-refractivity contribution in [1.82, 2.24) is 10.1 Å². The van der Waals surface area contributed by atoms with Crippen LogP contribution >= 0.6 is 11.3 Å². The third-order valence-electron chi connectivity index (χ3n) is 4.70. The summed E-state index contributed by atoms with van der Waals surface area (Å²) < 4.78 is 6.12. The first-order valence-corrected chi connectivity index (χ1v) is 10.1. The number of amides is 1. The van der Waals surface area contributed by atoms with E-state index in [4.69, 9.17) is 9.51 Å². The number of benzene rings is 1. The van der Waals surface area contributed by atoms with Gasteiger partial charge in [0.25, 0.3) is 0 Å². The van der Waals surface area contributed by atoms with Crippen molar-refractivity contribution in [3.63, 3.8) is 0 Å². The number of carbonyl (C=O) groups excluding carboxylic acids is 1. The first-order chi connectivity index (χ1) is 13.1. The van der Waals surface area contributed by atoms with E-state index in [0.29, 0.717) is 18.0 Å². The molecule has 8 heteroatoms. The number of nitrogens with one attached hydrogen (secondary N) is 2. The Morgan fingerprint density at radius 3 is 2.85 bits per heavy atom. The van der Waals surface area contributed by atoms with Crippen molar-refractivity contribution < 1.29 is 9.32 Å². The molecule has 7 nitrogen and oxygen atoms in total. The van der Waals surface area contributed by atoms with Gasteiger partial charge in [0, 0.05) is 24.8 Å². The largest absolute Gasteiger partial charge is 0.374 e. The third-order valence-corrected chi connectivity index (χ3v) is 5.78. The number of hydrogen-bond acceptors (Lipinski definition) is 7. The quantitative estimate of drug-likeness (QED) is 0.667. The van der Waals surface area contributed by atoms with E-state index in [1.807, 2.05) is 19.1 Å². The van der Waals surface area contributed by atoms with Crippen LogP contribution in [-0.2, 0) is 4.79 Å². The van der Waals surface area contributed by atoms with E-state index in [-0.39, 0.29) is 11.9 Å². The van der Waals surface area contributed by atoms with E-state index in [2.05, 4.69) is 26.8 Å². The molecule has 1 aliphatic heterocycles. The summed E-state index contributed by atoms with van der Waals surface area (Å²) in [6.07, 6.45) is 3.13. The smallest absolute Gasteiger partial charge is 0.248 e.